The third-order valence-electron chi connectivity index (χ3n) is 9.74. The van der Waals surface area contributed by atoms with Gasteiger partial charge in [-0.25, -0.2) is 9.97 Å². The number of imidazole rings is 1. The SMILES string of the molecule is CC#CC(=O)N1CC[C@H](n2cnc3c(O[C@@H](C)[C@@H]4CCCN4C)nc4c(=O)n(-c5cccc(Cl)c5C)c(C(F)(F)F)cc4c32)C[C@H]1CC#N. The number of benzene rings is 1. The van der Waals surface area contributed by atoms with Crippen LogP contribution in [0.3, 0.4) is 0 Å². The number of carbonyl (C=O) groups is 1. The highest BCUT2D eigenvalue weighted by Crippen LogP contribution is 2.39. The second-order valence-electron chi connectivity index (χ2n) is 12.7. The first-order chi connectivity index (χ1) is 23.3. The molecule has 2 aliphatic rings. The maximum atomic E-state index is 14.9. The zero-order chi connectivity index (χ0) is 35.2. The van der Waals surface area contributed by atoms with Gasteiger partial charge in [0.25, 0.3) is 11.5 Å². The molecule has 0 aliphatic carbocycles. The summed E-state index contributed by atoms with van der Waals surface area (Å²) in [6.45, 7) is 6.18. The van der Waals surface area contributed by atoms with Crippen LogP contribution in [0.1, 0.15) is 63.3 Å². The molecule has 5 heterocycles. The number of likely N-dealkylation sites (tertiary alicyclic amines) is 2. The highest BCUT2D eigenvalue weighted by Gasteiger charge is 2.39. The minimum atomic E-state index is -4.93. The van der Waals surface area contributed by atoms with Gasteiger partial charge in [-0.2, -0.15) is 18.4 Å². The number of ether oxygens (including phenoxy) is 1. The van der Waals surface area contributed by atoms with Gasteiger partial charge >= 0.3 is 6.18 Å². The van der Waals surface area contributed by atoms with Gasteiger partial charge in [-0.1, -0.05) is 23.6 Å². The smallest absolute Gasteiger partial charge is 0.431 e. The van der Waals surface area contributed by atoms with Gasteiger partial charge in [0.05, 0.1) is 30.0 Å². The topological polar surface area (TPSA) is 109 Å². The van der Waals surface area contributed by atoms with Crippen LogP contribution < -0.4 is 10.3 Å². The number of aromatic nitrogens is 4. The van der Waals surface area contributed by atoms with E-state index >= 15 is 0 Å². The molecule has 6 rings (SSSR count). The molecule has 14 heteroatoms. The van der Waals surface area contributed by atoms with E-state index in [1.807, 2.05) is 14.0 Å². The zero-order valence-electron chi connectivity index (χ0n) is 27.5. The van der Waals surface area contributed by atoms with Crippen molar-refractivity contribution in [1.82, 2.24) is 28.9 Å². The summed E-state index contributed by atoms with van der Waals surface area (Å²) in [5, 5.41) is 9.75. The van der Waals surface area contributed by atoms with E-state index in [0.717, 1.165) is 25.5 Å². The first-order valence-corrected chi connectivity index (χ1v) is 16.5. The fourth-order valence-electron chi connectivity index (χ4n) is 7.28. The molecular weight excluding hydrogens is 659 g/mol. The summed E-state index contributed by atoms with van der Waals surface area (Å²) in [5.74, 6) is 4.80. The molecule has 0 N–H and O–H groups in total. The van der Waals surface area contributed by atoms with Crippen molar-refractivity contribution >= 4 is 39.4 Å². The Hall–Kier alpha value is -4.59. The summed E-state index contributed by atoms with van der Waals surface area (Å²) >= 11 is 6.31. The molecule has 2 fully saturated rings. The number of rotatable bonds is 6. The van der Waals surface area contributed by atoms with Crippen LogP contribution in [0.15, 0.2) is 35.4 Å². The first kappa shape index (κ1) is 34.3. The molecule has 4 aromatic rings. The summed E-state index contributed by atoms with van der Waals surface area (Å²) in [4.78, 5) is 40.1. The minimum absolute atomic E-state index is 0.0166. The lowest BCUT2D eigenvalue weighted by Gasteiger charge is -2.38. The van der Waals surface area contributed by atoms with Crippen LogP contribution in [0.2, 0.25) is 5.02 Å². The summed E-state index contributed by atoms with van der Waals surface area (Å²) in [7, 11) is 2.00. The molecule has 256 valence electrons. The molecule has 0 saturated carbocycles. The molecule has 49 heavy (non-hydrogen) atoms. The molecule has 4 atom stereocenters. The number of likely N-dealkylation sites (N-methyl/N-ethyl adjacent to an activating group) is 1. The van der Waals surface area contributed by atoms with Crippen LogP contribution in [0, 0.1) is 30.1 Å². The van der Waals surface area contributed by atoms with Crippen molar-refractivity contribution in [2.45, 2.75) is 83.3 Å². The number of piperidine rings is 1. The molecule has 0 radical (unpaired) electrons. The molecule has 3 aromatic heterocycles. The van der Waals surface area contributed by atoms with E-state index in [9.17, 15) is 28.0 Å². The van der Waals surface area contributed by atoms with E-state index in [2.05, 4.69) is 32.8 Å². The fourth-order valence-corrected chi connectivity index (χ4v) is 7.45. The Morgan fingerprint density at radius 3 is 2.67 bits per heavy atom. The fraction of sp³-hybridized carbons (Fsp3) is 0.457. The van der Waals surface area contributed by atoms with Gasteiger partial charge in [-0.3, -0.25) is 19.1 Å². The number of amides is 1. The molecule has 2 saturated heterocycles. The number of hydrogen-bond donors (Lipinski definition) is 0. The Morgan fingerprint density at radius 2 is 2.00 bits per heavy atom. The predicted octanol–water partition coefficient (Wildman–Crippen LogP) is 6.05. The Labute approximate surface area is 286 Å². The largest absolute Gasteiger partial charge is 0.471 e. The summed E-state index contributed by atoms with van der Waals surface area (Å²) in [6, 6.07) is 6.73. The molecule has 1 aromatic carbocycles. The van der Waals surface area contributed by atoms with Crippen LogP contribution in [-0.4, -0.2) is 73.1 Å². The quantitative estimate of drug-likeness (QED) is 0.226. The maximum Gasteiger partial charge on any atom is 0.431 e. The van der Waals surface area contributed by atoms with E-state index in [0.29, 0.717) is 23.0 Å². The average molecular weight is 694 g/mol. The Morgan fingerprint density at radius 1 is 1.22 bits per heavy atom. The van der Waals surface area contributed by atoms with Crippen molar-refractivity contribution in [3.8, 4) is 29.5 Å². The van der Waals surface area contributed by atoms with Gasteiger partial charge in [-0.05, 0) is 89.7 Å². The second-order valence-corrected chi connectivity index (χ2v) is 13.1. The van der Waals surface area contributed by atoms with Crippen LogP contribution in [0.25, 0.3) is 27.6 Å². The number of nitriles is 1. The lowest BCUT2D eigenvalue weighted by Crippen LogP contribution is -2.45. The third kappa shape index (κ3) is 6.22. The van der Waals surface area contributed by atoms with Gasteiger partial charge in [-0.15, -0.1) is 0 Å². The normalized spacial score (nSPS) is 20.6. The highest BCUT2D eigenvalue weighted by atomic mass is 35.5. The van der Waals surface area contributed by atoms with Gasteiger partial charge in [0.1, 0.15) is 17.3 Å². The van der Waals surface area contributed by atoms with Crippen LogP contribution in [0.5, 0.6) is 5.88 Å². The number of halogens is 4. The van der Waals surface area contributed by atoms with Gasteiger partial charge in [0, 0.05) is 35.1 Å². The molecule has 0 spiro atoms. The van der Waals surface area contributed by atoms with Crippen LogP contribution >= 0.6 is 11.6 Å². The van der Waals surface area contributed by atoms with Crippen molar-refractivity contribution in [3.63, 3.8) is 0 Å². The molecule has 2 aliphatic heterocycles. The van der Waals surface area contributed by atoms with E-state index < -0.39 is 23.5 Å². The number of hydrogen-bond acceptors (Lipinski definition) is 7. The maximum absolute atomic E-state index is 14.9. The monoisotopic (exact) mass is 693 g/mol. The van der Waals surface area contributed by atoms with E-state index in [-0.39, 0.29) is 75.6 Å². The summed E-state index contributed by atoms with van der Waals surface area (Å²) in [5.41, 5.74) is -1.63. The first-order valence-electron chi connectivity index (χ1n) is 16.1. The van der Waals surface area contributed by atoms with Gasteiger partial charge < -0.3 is 14.2 Å². The molecular formula is C35H35ClF3N7O3. The van der Waals surface area contributed by atoms with Gasteiger partial charge in [0.2, 0.25) is 5.88 Å². The van der Waals surface area contributed by atoms with Crippen molar-refractivity contribution in [1.29, 1.82) is 5.26 Å². The van der Waals surface area contributed by atoms with Crippen molar-refractivity contribution in [2.24, 2.45) is 0 Å². The number of nitrogens with zero attached hydrogens (tertiary/aromatic N) is 7. The average Bonchev–Trinajstić information content (AvgIpc) is 3.70. The Bertz CT molecular complexity index is 2110. The molecule has 0 bridgehead atoms. The van der Waals surface area contributed by atoms with E-state index in [1.165, 1.54) is 18.5 Å². The number of fused-ring (bicyclic) bond motifs is 3. The number of carbonyl (C=O) groups excluding carboxylic acids is 1. The summed E-state index contributed by atoms with van der Waals surface area (Å²) < 4.78 is 53.5. The van der Waals surface area contributed by atoms with Crippen molar-refractivity contribution in [2.75, 3.05) is 20.1 Å². The molecule has 0 unspecified atom stereocenters. The molecule has 10 nitrogen and oxygen atoms in total. The van der Waals surface area contributed by atoms with Crippen molar-refractivity contribution < 1.29 is 22.7 Å². The zero-order valence-corrected chi connectivity index (χ0v) is 28.3. The lowest BCUT2D eigenvalue weighted by molar-refractivity contribution is -0.142. The minimum Gasteiger partial charge on any atom is -0.471 e. The van der Waals surface area contributed by atoms with Crippen LogP contribution in [-0.2, 0) is 11.0 Å². The number of pyridine rings is 2. The standard InChI is InChI=1S/C35H35ClF3N7O3/c1-5-8-29(47)44-16-13-23(17-22(44)12-14-40)45-19-41-31-32(45)24-18-28(35(37,38)39)46(26-10-6-9-25(36)20(26)2)34(48)30(24)42-33(31)49-21(3)27-11-7-15-43(27)4/h6,9-10,18-19,21-23,27H,7,11-13,15-17H2,1-4H3/t21-,22+,23-,27-/m0/s1. The Balaban J connectivity index is 1.60. The Kier molecular flexibility index (Phi) is 9.36. The van der Waals surface area contributed by atoms with Crippen molar-refractivity contribution in [3.05, 3.63) is 57.2 Å². The van der Waals surface area contributed by atoms with E-state index in [1.54, 1.807) is 29.4 Å². The highest BCUT2D eigenvalue weighted by molar-refractivity contribution is 6.31. The van der Waals surface area contributed by atoms with Crippen LogP contribution in [0.4, 0.5) is 13.2 Å². The predicted molar refractivity (Wildman–Crippen MR) is 179 cm³/mol. The summed E-state index contributed by atoms with van der Waals surface area (Å²) in [6.07, 6.45) is -1.12. The third-order valence-corrected chi connectivity index (χ3v) is 10.1. The molecule has 1 amide bonds. The lowest BCUT2D eigenvalue weighted by atomic mass is 9.94. The van der Waals surface area contributed by atoms with E-state index in [4.69, 9.17) is 16.3 Å². The second kappa shape index (κ2) is 13.4. The number of alkyl halides is 3. The van der Waals surface area contributed by atoms with Gasteiger partial charge in [0.15, 0.2) is 5.52 Å².